The summed E-state index contributed by atoms with van der Waals surface area (Å²) in [6.07, 6.45) is 19.7. The van der Waals surface area contributed by atoms with Crippen LogP contribution in [0.2, 0.25) is 0 Å². The number of pyridine rings is 1. The molecule has 1 saturated carbocycles. The molecule has 1 aromatic heterocycles. The molecule has 150 valence electrons. The molecule has 0 amide bonds. The third-order valence-electron chi connectivity index (χ3n) is 6.31. The van der Waals surface area contributed by atoms with Crippen molar-refractivity contribution in [1.29, 1.82) is 0 Å². The highest BCUT2D eigenvalue weighted by Gasteiger charge is 2.21. The summed E-state index contributed by atoms with van der Waals surface area (Å²) < 4.78 is 0. The SMILES string of the molecule is CCCCCc1ccc(/C=C/c2ccc(C3CCC(CCC)CC3)cc2)nc1. The van der Waals surface area contributed by atoms with Crippen molar-refractivity contribution in [1.82, 2.24) is 4.98 Å². The molecule has 0 saturated heterocycles. The highest BCUT2D eigenvalue weighted by Crippen LogP contribution is 2.37. The minimum atomic E-state index is 0.771. The Morgan fingerprint density at radius 2 is 1.64 bits per heavy atom. The predicted octanol–water partition coefficient (Wildman–Crippen LogP) is 8.06. The zero-order valence-electron chi connectivity index (χ0n) is 17.9. The maximum absolute atomic E-state index is 4.60. The lowest BCUT2D eigenvalue weighted by atomic mass is 9.77. The van der Waals surface area contributed by atoms with Crippen molar-refractivity contribution >= 4 is 12.2 Å². The molecule has 2 aromatic rings. The van der Waals surface area contributed by atoms with Gasteiger partial charge in [-0.25, -0.2) is 0 Å². The fourth-order valence-electron chi connectivity index (χ4n) is 4.52. The second-order valence-electron chi connectivity index (χ2n) is 8.55. The van der Waals surface area contributed by atoms with E-state index in [1.54, 1.807) is 0 Å². The van der Waals surface area contributed by atoms with Crippen LogP contribution in [0.3, 0.4) is 0 Å². The van der Waals surface area contributed by atoms with E-state index in [1.165, 1.54) is 74.5 Å². The van der Waals surface area contributed by atoms with Gasteiger partial charge in [-0.05, 0) is 79.2 Å². The molecule has 0 N–H and O–H groups in total. The van der Waals surface area contributed by atoms with Crippen LogP contribution in [0.4, 0.5) is 0 Å². The lowest BCUT2D eigenvalue weighted by Gasteiger charge is -2.28. The Balaban J connectivity index is 1.51. The van der Waals surface area contributed by atoms with Gasteiger partial charge in [-0.3, -0.25) is 4.98 Å². The minimum absolute atomic E-state index is 0.771. The molecule has 1 nitrogen and oxygen atoms in total. The second kappa shape index (κ2) is 11.2. The van der Waals surface area contributed by atoms with Gasteiger partial charge in [0.05, 0.1) is 5.69 Å². The van der Waals surface area contributed by atoms with Crippen LogP contribution in [-0.4, -0.2) is 4.98 Å². The first kappa shape index (κ1) is 20.8. The second-order valence-corrected chi connectivity index (χ2v) is 8.55. The fourth-order valence-corrected chi connectivity index (χ4v) is 4.52. The van der Waals surface area contributed by atoms with Crippen molar-refractivity contribution in [2.24, 2.45) is 5.92 Å². The summed E-state index contributed by atoms with van der Waals surface area (Å²) in [7, 11) is 0. The number of benzene rings is 1. The Morgan fingerprint density at radius 3 is 2.29 bits per heavy atom. The Bertz CT molecular complexity index is 703. The maximum atomic E-state index is 4.60. The van der Waals surface area contributed by atoms with Crippen molar-refractivity contribution in [2.75, 3.05) is 0 Å². The van der Waals surface area contributed by atoms with Crippen molar-refractivity contribution in [3.05, 3.63) is 65.0 Å². The van der Waals surface area contributed by atoms with E-state index >= 15 is 0 Å². The van der Waals surface area contributed by atoms with E-state index in [-0.39, 0.29) is 0 Å². The van der Waals surface area contributed by atoms with Gasteiger partial charge in [0.2, 0.25) is 0 Å². The van der Waals surface area contributed by atoms with E-state index in [0.717, 1.165) is 24.0 Å². The van der Waals surface area contributed by atoms with Crippen molar-refractivity contribution in [2.45, 2.75) is 84.0 Å². The van der Waals surface area contributed by atoms with Crippen LogP contribution in [0, 0.1) is 5.92 Å². The van der Waals surface area contributed by atoms with Gasteiger partial charge < -0.3 is 0 Å². The molecule has 1 heterocycles. The molecule has 0 bridgehead atoms. The molecule has 1 aliphatic rings. The third kappa shape index (κ3) is 6.33. The number of aryl methyl sites for hydroxylation is 1. The van der Waals surface area contributed by atoms with Crippen LogP contribution in [0.25, 0.3) is 12.2 Å². The molecule has 0 atom stereocenters. The normalized spacial score (nSPS) is 19.9. The van der Waals surface area contributed by atoms with E-state index in [1.807, 2.05) is 6.20 Å². The molecule has 1 heteroatoms. The molecule has 0 spiro atoms. The van der Waals surface area contributed by atoms with Gasteiger partial charge in [-0.2, -0.15) is 0 Å². The van der Waals surface area contributed by atoms with Crippen molar-refractivity contribution in [3.63, 3.8) is 0 Å². The van der Waals surface area contributed by atoms with E-state index in [4.69, 9.17) is 0 Å². The molecule has 0 unspecified atom stereocenters. The van der Waals surface area contributed by atoms with E-state index < -0.39 is 0 Å². The van der Waals surface area contributed by atoms with Crippen LogP contribution >= 0.6 is 0 Å². The predicted molar refractivity (Wildman–Crippen MR) is 122 cm³/mol. The molecule has 1 aliphatic carbocycles. The summed E-state index contributed by atoms with van der Waals surface area (Å²) in [5, 5.41) is 0. The third-order valence-corrected chi connectivity index (χ3v) is 6.31. The standard InChI is InChI=1S/C27H37N/c1-3-5-6-8-24-14-20-27(28-21-24)19-13-23-11-17-26(18-12-23)25-15-9-22(7-4-2)10-16-25/h11-14,17-22,25H,3-10,15-16H2,1-2H3/b19-13+. The average molecular weight is 376 g/mol. The monoisotopic (exact) mass is 375 g/mol. The highest BCUT2D eigenvalue weighted by molar-refractivity contribution is 5.68. The van der Waals surface area contributed by atoms with E-state index in [9.17, 15) is 0 Å². The summed E-state index contributed by atoms with van der Waals surface area (Å²) in [6.45, 7) is 4.56. The number of nitrogens with zero attached hydrogens (tertiary/aromatic N) is 1. The van der Waals surface area contributed by atoms with Gasteiger partial charge in [0, 0.05) is 6.20 Å². The largest absolute Gasteiger partial charge is 0.257 e. The Kier molecular flexibility index (Phi) is 8.33. The van der Waals surface area contributed by atoms with Gasteiger partial charge in [-0.1, -0.05) is 75.9 Å². The lowest BCUT2D eigenvalue weighted by molar-refractivity contribution is 0.308. The van der Waals surface area contributed by atoms with Crippen LogP contribution in [0.15, 0.2) is 42.6 Å². The summed E-state index contributed by atoms with van der Waals surface area (Å²) in [5.41, 5.74) is 5.18. The zero-order chi connectivity index (χ0) is 19.6. The zero-order valence-corrected chi connectivity index (χ0v) is 17.9. The van der Waals surface area contributed by atoms with Crippen molar-refractivity contribution < 1.29 is 0 Å². The molecule has 1 aromatic carbocycles. The molecule has 3 rings (SSSR count). The van der Waals surface area contributed by atoms with Gasteiger partial charge in [0.25, 0.3) is 0 Å². The molecular weight excluding hydrogens is 338 g/mol. The topological polar surface area (TPSA) is 12.9 Å². The maximum Gasteiger partial charge on any atom is 0.0630 e. The first-order chi connectivity index (χ1) is 13.8. The van der Waals surface area contributed by atoms with Crippen LogP contribution in [-0.2, 0) is 6.42 Å². The highest BCUT2D eigenvalue weighted by atomic mass is 14.7. The van der Waals surface area contributed by atoms with Gasteiger partial charge in [-0.15, -0.1) is 0 Å². The van der Waals surface area contributed by atoms with Crippen LogP contribution < -0.4 is 0 Å². The van der Waals surface area contributed by atoms with Gasteiger partial charge in [0.15, 0.2) is 0 Å². The first-order valence-corrected chi connectivity index (χ1v) is 11.5. The minimum Gasteiger partial charge on any atom is -0.257 e. The van der Waals surface area contributed by atoms with Crippen molar-refractivity contribution in [3.8, 4) is 0 Å². The smallest absolute Gasteiger partial charge is 0.0630 e. The van der Waals surface area contributed by atoms with Crippen LogP contribution in [0.5, 0.6) is 0 Å². The number of hydrogen-bond donors (Lipinski definition) is 0. The number of rotatable bonds is 9. The molecule has 1 fully saturated rings. The first-order valence-electron chi connectivity index (χ1n) is 11.5. The molecule has 0 aliphatic heterocycles. The Morgan fingerprint density at radius 1 is 0.857 bits per heavy atom. The molecule has 0 radical (unpaired) electrons. The van der Waals surface area contributed by atoms with Gasteiger partial charge >= 0.3 is 0 Å². The lowest BCUT2D eigenvalue weighted by Crippen LogP contribution is -2.13. The fraction of sp³-hybridized carbons (Fsp3) is 0.519. The number of aromatic nitrogens is 1. The number of unbranched alkanes of at least 4 members (excludes halogenated alkanes) is 2. The number of hydrogen-bond acceptors (Lipinski definition) is 1. The van der Waals surface area contributed by atoms with Gasteiger partial charge in [0.1, 0.15) is 0 Å². The summed E-state index contributed by atoms with van der Waals surface area (Å²) in [4.78, 5) is 4.60. The molecule has 28 heavy (non-hydrogen) atoms. The average Bonchev–Trinajstić information content (AvgIpc) is 2.75. The Hall–Kier alpha value is -1.89. The van der Waals surface area contributed by atoms with Crippen LogP contribution in [0.1, 0.15) is 99.9 Å². The summed E-state index contributed by atoms with van der Waals surface area (Å²) in [6, 6.07) is 13.6. The van der Waals surface area contributed by atoms with E-state index in [2.05, 4.69) is 67.4 Å². The summed E-state index contributed by atoms with van der Waals surface area (Å²) >= 11 is 0. The Labute approximate surface area is 172 Å². The summed E-state index contributed by atoms with van der Waals surface area (Å²) in [5.74, 6) is 1.75. The quantitative estimate of drug-likeness (QED) is 0.404. The van der Waals surface area contributed by atoms with E-state index in [0.29, 0.717) is 0 Å². The molecular formula is C27H37N.